The normalized spacial score (nSPS) is 10.5. The van der Waals surface area contributed by atoms with Crippen molar-refractivity contribution >= 4 is 16.8 Å². The van der Waals surface area contributed by atoms with Gasteiger partial charge >= 0.3 is 0 Å². The molecule has 19 heavy (non-hydrogen) atoms. The highest BCUT2D eigenvalue weighted by Crippen LogP contribution is 2.36. The molecule has 0 bridgehead atoms. The van der Waals surface area contributed by atoms with Gasteiger partial charge in [-0.1, -0.05) is 67.3 Å². The van der Waals surface area contributed by atoms with Crippen molar-refractivity contribution in [1.82, 2.24) is 0 Å². The number of phenols is 1. The number of fused-ring (bicyclic) bond motifs is 1. The first-order valence-corrected chi connectivity index (χ1v) is 6.23. The van der Waals surface area contributed by atoms with Gasteiger partial charge in [0.2, 0.25) is 0 Å². The number of hydrogen-bond donors (Lipinski definition) is 1. The molecule has 92 valence electrons. The molecule has 1 nitrogen and oxygen atoms in total. The average Bonchev–Trinajstić information content (AvgIpc) is 2.47. The number of aromatic hydroxyl groups is 1. The van der Waals surface area contributed by atoms with Crippen LogP contribution in [0.3, 0.4) is 0 Å². The lowest BCUT2D eigenvalue weighted by molar-refractivity contribution is 0.478. The van der Waals surface area contributed by atoms with E-state index in [1.165, 1.54) is 0 Å². The van der Waals surface area contributed by atoms with E-state index in [-0.39, 0.29) is 0 Å². The molecule has 0 radical (unpaired) electrons. The van der Waals surface area contributed by atoms with Gasteiger partial charge in [0.05, 0.1) is 0 Å². The zero-order valence-corrected chi connectivity index (χ0v) is 10.5. The Hall–Kier alpha value is -2.54. The molecule has 0 atom stereocenters. The summed E-state index contributed by atoms with van der Waals surface area (Å²) in [4.78, 5) is 0. The molecule has 3 aromatic rings. The fraction of sp³-hybridized carbons (Fsp3) is 0. The Morgan fingerprint density at radius 1 is 0.842 bits per heavy atom. The minimum Gasteiger partial charge on any atom is -0.507 e. The van der Waals surface area contributed by atoms with Gasteiger partial charge in [0, 0.05) is 5.56 Å². The van der Waals surface area contributed by atoms with Crippen LogP contribution in [0.5, 0.6) is 5.75 Å². The molecule has 3 rings (SSSR count). The van der Waals surface area contributed by atoms with Crippen LogP contribution < -0.4 is 0 Å². The Morgan fingerprint density at radius 2 is 1.58 bits per heavy atom. The Morgan fingerprint density at radius 3 is 2.32 bits per heavy atom. The van der Waals surface area contributed by atoms with Crippen LogP contribution in [0.15, 0.2) is 67.2 Å². The van der Waals surface area contributed by atoms with E-state index >= 15 is 0 Å². The van der Waals surface area contributed by atoms with Crippen molar-refractivity contribution in [3.05, 3.63) is 72.8 Å². The van der Waals surface area contributed by atoms with Gasteiger partial charge in [0.15, 0.2) is 0 Å². The fourth-order valence-electron chi connectivity index (χ4n) is 2.35. The van der Waals surface area contributed by atoms with Crippen LogP contribution in [0.25, 0.3) is 28.0 Å². The standard InChI is InChI=1S/C18H14O/c1-2-13-7-9-15(10-8-13)18-16-6-4-3-5-14(16)11-12-17(18)19/h2-12,19H,1H2. The van der Waals surface area contributed by atoms with Gasteiger partial charge in [0.1, 0.15) is 5.75 Å². The molecule has 0 fully saturated rings. The van der Waals surface area contributed by atoms with Gasteiger partial charge in [-0.3, -0.25) is 0 Å². The van der Waals surface area contributed by atoms with Crippen LogP contribution in [0.1, 0.15) is 5.56 Å². The zero-order valence-electron chi connectivity index (χ0n) is 10.5. The maximum absolute atomic E-state index is 10.2. The molecular weight excluding hydrogens is 232 g/mol. The molecule has 0 aliphatic rings. The summed E-state index contributed by atoms with van der Waals surface area (Å²) in [7, 11) is 0. The van der Waals surface area contributed by atoms with Crippen LogP contribution in [0, 0.1) is 0 Å². The predicted molar refractivity (Wildman–Crippen MR) is 81.1 cm³/mol. The molecule has 0 amide bonds. The maximum Gasteiger partial charge on any atom is 0.124 e. The number of rotatable bonds is 2. The van der Waals surface area contributed by atoms with Gasteiger partial charge in [-0.05, 0) is 28.0 Å². The first-order chi connectivity index (χ1) is 9.29. The van der Waals surface area contributed by atoms with E-state index in [4.69, 9.17) is 0 Å². The SMILES string of the molecule is C=Cc1ccc(-c2c(O)ccc3ccccc23)cc1. The van der Waals surface area contributed by atoms with Crippen LogP contribution in [0.4, 0.5) is 0 Å². The van der Waals surface area contributed by atoms with Crippen LogP contribution in [-0.2, 0) is 0 Å². The zero-order chi connectivity index (χ0) is 13.2. The third-order valence-corrected chi connectivity index (χ3v) is 3.34. The van der Waals surface area contributed by atoms with Crippen LogP contribution in [0.2, 0.25) is 0 Å². The molecule has 1 heteroatoms. The Kier molecular flexibility index (Phi) is 2.81. The highest BCUT2D eigenvalue weighted by atomic mass is 16.3. The summed E-state index contributed by atoms with van der Waals surface area (Å²) in [6.07, 6.45) is 1.81. The van der Waals surface area contributed by atoms with Crippen molar-refractivity contribution in [2.45, 2.75) is 0 Å². The molecule has 0 aliphatic heterocycles. The van der Waals surface area contributed by atoms with Gasteiger partial charge in [-0.15, -0.1) is 0 Å². The summed E-state index contributed by atoms with van der Waals surface area (Å²) < 4.78 is 0. The molecule has 0 heterocycles. The molecule has 0 aliphatic carbocycles. The summed E-state index contributed by atoms with van der Waals surface area (Å²) in [5, 5.41) is 12.4. The van der Waals surface area contributed by atoms with Crippen molar-refractivity contribution < 1.29 is 5.11 Å². The fourth-order valence-corrected chi connectivity index (χ4v) is 2.35. The molecule has 0 saturated carbocycles. The van der Waals surface area contributed by atoms with E-state index < -0.39 is 0 Å². The third kappa shape index (κ3) is 2.00. The summed E-state index contributed by atoms with van der Waals surface area (Å²) in [5.74, 6) is 0.310. The summed E-state index contributed by atoms with van der Waals surface area (Å²) in [5.41, 5.74) is 2.97. The highest BCUT2D eigenvalue weighted by molar-refractivity contribution is 5.99. The van der Waals surface area contributed by atoms with Crippen molar-refractivity contribution in [2.24, 2.45) is 0 Å². The summed E-state index contributed by atoms with van der Waals surface area (Å²) in [6, 6.07) is 19.8. The van der Waals surface area contributed by atoms with E-state index in [1.54, 1.807) is 6.07 Å². The van der Waals surface area contributed by atoms with E-state index in [9.17, 15) is 5.11 Å². The second-order valence-electron chi connectivity index (χ2n) is 4.51. The van der Waals surface area contributed by atoms with Crippen molar-refractivity contribution in [2.75, 3.05) is 0 Å². The number of hydrogen-bond acceptors (Lipinski definition) is 1. The van der Waals surface area contributed by atoms with Crippen LogP contribution >= 0.6 is 0 Å². The molecule has 1 N–H and O–H groups in total. The third-order valence-electron chi connectivity index (χ3n) is 3.34. The van der Waals surface area contributed by atoms with Crippen LogP contribution in [-0.4, -0.2) is 5.11 Å². The first-order valence-electron chi connectivity index (χ1n) is 6.23. The Balaban J connectivity index is 2.28. The lowest BCUT2D eigenvalue weighted by Gasteiger charge is -2.09. The van der Waals surface area contributed by atoms with Crippen molar-refractivity contribution in [3.63, 3.8) is 0 Å². The summed E-state index contributed by atoms with van der Waals surface area (Å²) in [6.45, 7) is 3.75. The molecule has 0 saturated heterocycles. The van der Waals surface area contributed by atoms with Gasteiger partial charge in [-0.25, -0.2) is 0 Å². The van der Waals surface area contributed by atoms with Crippen molar-refractivity contribution in [3.8, 4) is 16.9 Å². The average molecular weight is 246 g/mol. The largest absolute Gasteiger partial charge is 0.507 e. The molecule has 0 unspecified atom stereocenters. The number of phenolic OH excluding ortho intramolecular Hbond substituents is 1. The van der Waals surface area contributed by atoms with E-state index in [0.717, 1.165) is 27.5 Å². The monoisotopic (exact) mass is 246 g/mol. The van der Waals surface area contributed by atoms with E-state index in [0.29, 0.717) is 5.75 Å². The van der Waals surface area contributed by atoms with Crippen molar-refractivity contribution in [1.29, 1.82) is 0 Å². The Bertz CT molecular complexity index is 739. The van der Waals surface area contributed by atoms with E-state index in [1.807, 2.05) is 54.6 Å². The van der Waals surface area contributed by atoms with Gasteiger partial charge in [-0.2, -0.15) is 0 Å². The second-order valence-corrected chi connectivity index (χ2v) is 4.51. The maximum atomic E-state index is 10.2. The molecule has 0 spiro atoms. The van der Waals surface area contributed by atoms with Gasteiger partial charge < -0.3 is 5.11 Å². The van der Waals surface area contributed by atoms with E-state index in [2.05, 4.69) is 12.6 Å². The lowest BCUT2D eigenvalue weighted by Crippen LogP contribution is -1.83. The smallest absolute Gasteiger partial charge is 0.124 e. The summed E-state index contributed by atoms with van der Waals surface area (Å²) >= 11 is 0. The predicted octanol–water partition coefficient (Wildman–Crippen LogP) is 4.86. The Labute approximate surface area is 112 Å². The lowest BCUT2D eigenvalue weighted by atomic mass is 9.96. The first kappa shape index (κ1) is 11.5. The minimum atomic E-state index is 0.310. The topological polar surface area (TPSA) is 20.2 Å². The quantitative estimate of drug-likeness (QED) is 0.685. The molecule has 0 aromatic heterocycles. The number of benzene rings is 3. The molecule has 3 aromatic carbocycles. The minimum absolute atomic E-state index is 0.310. The highest BCUT2D eigenvalue weighted by Gasteiger charge is 2.08. The second kappa shape index (κ2) is 4.62. The molecular formula is C18H14O. The van der Waals surface area contributed by atoms with Gasteiger partial charge in [0.25, 0.3) is 0 Å².